The minimum Gasteiger partial charge on any atom is -0.345 e. The number of nitrogens with zero attached hydrogens (tertiary/aromatic N) is 1. The van der Waals surface area contributed by atoms with Crippen molar-refractivity contribution in [3.05, 3.63) is 156 Å². The zero-order chi connectivity index (χ0) is 33.3. The summed E-state index contributed by atoms with van der Waals surface area (Å²) in [6.07, 6.45) is 0. The van der Waals surface area contributed by atoms with Gasteiger partial charge in [0, 0.05) is 29.8 Å². The van der Waals surface area contributed by atoms with Gasteiger partial charge in [0.05, 0.1) is 0 Å². The van der Waals surface area contributed by atoms with Crippen molar-refractivity contribution in [3.63, 3.8) is 0 Å². The summed E-state index contributed by atoms with van der Waals surface area (Å²) in [6, 6.07) is 49.5. The van der Waals surface area contributed by atoms with Gasteiger partial charge >= 0.3 is 0 Å². The second kappa shape index (κ2) is 13.1. The molecule has 2 aliphatic rings. The lowest BCUT2D eigenvalue weighted by Crippen LogP contribution is -2.14. The summed E-state index contributed by atoms with van der Waals surface area (Å²) in [5.74, 6) is 0.430. The minimum atomic E-state index is 0.0112. The smallest absolute Gasteiger partial charge is 0.0408 e. The molecule has 236 valence electrons. The molecule has 1 unspecified atom stereocenters. The van der Waals surface area contributed by atoms with Gasteiger partial charge in [-0.1, -0.05) is 146 Å². The summed E-state index contributed by atoms with van der Waals surface area (Å²) in [5.41, 5.74) is 18.6. The quantitative estimate of drug-likeness (QED) is 0.191. The van der Waals surface area contributed by atoms with E-state index in [1.807, 2.05) is 27.7 Å². The molecule has 2 aliphatic carbocycles. The highest BCUT2D eigenvalue weighted by atomic mass is 15.1. The second-order valence-electron chi connectivity index (χ2n) is 12.7. The zero-order valence-corrected chi connectivity index (χ0v) is 29.2. The maximum absolute atomic E-state index is 2.39. The minimum absolute atomic E-state index is 0.0112. The Morgan fingerprint density at radius 3 is 1.51 bits per heavy atom. The maximum atomic E-state index is 2.39. The molecule has 0 N–H and O–H groups in total. The molecule has 1 atom stereocenters. The number of rotatable bonds is 4. The number of hydrogen-bond acceptors (Lipinski definition) is 1. The van der Waals surface area contributed by atoms with Crippen LogP contribution >= 0.6 is 0 Å². The predicted molar refractivity (Wildman–Crippen MR) is 205 cm³/mol. The summed E-state index contributed by atoms with van der Waals surface area (Å²) >= 11 is 0. The molecule has 8 rings (SSSR count). The van der Waals surface area contributed by atoms with Crippen LogP contribution in [0, 0.1) is 0 Å². The molecule has 0 bridgehead atoms. The van der Waals surface area contributed by atoms with Crippen LogP contribution in [0.25, 0.3) is 44.5 Å². The van der Waals surface area contributed by atoms with Crippen LogP contribution in [-0.4, -0.2) is 7.05 Å². The predicted octanol–water partition coefficient (Wildman–Crippen LogP) is 13.3. The first kappa shape index (κ1) is 32.1. The van der Waals surface area contributed by atoms with Crippen molar-refractivity contribution in [1.82, 2.24) is 0 Å². The summed E-state index contributed by atoms with van der Waals surface area (Å²) in [4.78, 5) is 2.26. The van der Waals surface area contributed by atoms with E-state index >= 15 is 0 Å². The van der Waals surface area contributed by atoms with E-state index in [0.29, 0.717) is 5.92 Å². The molecule has 1 heteroatoms. The molecule has 0 radical (unpaired) electrons. The van der Waals surface area contributed by atoms with Gasteiger partial charge in [-0.05, 0) is 103 Å². The van der Waals surface area contributed by atoms with Crippen molar-refractivity contribution in [1.29, 1.82) is 0 Å². The molecule has 0 heterocycles. The first-order valence-electron chi connectivity index (χ1n) is 17.3. The lowest BCUT2D eigenvalue weighted by atomic mass is 9.81. The Hall–Kier alpha value is -4.88. The Kier molecular flexibility index (Phi) is 8.93. The van der Waals surface area contributed by atoms with Gasteiger partial charge in [-0.3, -0.25) is 0 Å². The monoisotopic (exact) mass is 613 g/mol. The highest BCUT2D eigenvalue weighted by molar-refractivity contribution is 5.84. The summed E-state index contributed by atoms with van der Waals surface area (Å²) in [5, 5.41) is 0. The summed E-state index contributed by atoms with van der Waals surface area (Å²) in [6.45, 7) is 15.0. The van der Waals surface area contributed by atoms with E-state index in [1.54, 1.807) is 0 Å². The normalized spacial score (nSPS) is 14.3. The fourth-order valence-corrected chi connectivity index (χ4v) is 7.42. The molecule has 1 nitrogen and oxygen atoms in total. The molecule has 6 aromatic rings. The SMILES string of the molecule is CC.CC.CC1c2ccccc2-c2ccc(-c3ccc(N(C)c4ccc(-c5ccc6c(c5)C(C)(C)c5ccccc5-6)cc4)cc3)cc21. The van der Waals surface area contributed by atoms with E-state index in [0.717, 1.165) is 0 Å². The number of benzene rings is 6. The second-order valence-corrected chi connectivity index (χ2v) is 12.7. The Morgan fingerprint density at radius 1 is 0.447 bits per heavy atom. The van der Waals surface area contributed by atoms with Crippen LogP contribution < -0.4 is 4.90 Å². The first-order chi connectivity index (χ1) is 22.9. The van der Waals surface area contributed by atoms with E-state index in [4.69, 9.17) is 0 Å². The largest absolute Gasteiger partial charge is 0.345 e. The van der Waals surface area contributed by atoms with E-state index in [9.17, 15) is 0 Å². The van der Waals surface area contributed by atoms with Gasteiger partial charge in [0.1, 0.15) is 0 Å². The summed E-state index contributed by atoms with van der Waals surface area (Å²) < 4.78 is 0. The molecular weight excluding hydrogens is 567 g/mol. The number of anilines is 2. The molecule has 0 aliphatic heterocycles. The van der Waals surface area contributed by atoms with Crippen LogP contribution in [0.2, 0.25) is 0 Å². The lowest BCUT2D eigenvalue weighted by Gasteiger charge is -2.22. The van der Waals surface area contributed by atoms with Crippen LogP contribution in [0.3, 0.4) is 0 Å². The molecule has 0 amide bonds. The molecule has 47 heavy (non-hydrogen) atoms. The molecule has 0 spiro atoms. The Morgan fingerprint density at radius 2 is 0.894 bits per heavy atom. The fourth-order valence-electron chi connectivity index (χ4n) is 7.42. The lowest BCUT2D eigenvalue weighted by molar-refractivity contribution is 0.660. The van der Waals surface area contributed by atoms with Crippen molar-refractivity contribution in [2.75, 3.05) is 11.9 Å². The molecular formula is C46H47N. The molecule has 0 fully saturated rings. The Balaban J connectivity index is 0.000000932. The van der Waals surface area contributed by atoms with E-state index in [1.165, 1.54) is 78.1 Å². The maximum Gasteiger partial charge on any atom is 0.0408 e. The Labute approximate surface area is 282 Å². The van der Waals surface area contributed by atoms with Crippen LogP contribution in [0.5, 0.6) is 0 Å². The standard InChI is InChI=1S/C42H35N.2C2H6/c1-27-34-9-5-6-10-35(34)36-23-17-30(25-39(27)36)28-13-19-32(20-14-28)43(4)33-21-15-29(16-22-33)31-18-24-38-37-11-7-8-12-40(37)42(2,3)41(38)26-31;2*1-2/h5-27H,1-4H3;2*1-2H3. The number of hydrogen-bond donors (Lipinski definition) is 0. The highest BCUT2D eigenvalue weighted by Crippen LogP contribution is 2.50. The van der Waals surface area contributed by atoms with E-state index in [2.05, 4.69) is 166 Å². The van der Waals surface area contributed by atoms with Crippen molar-refractivity contribution >= 4 is 11.4 Å². The molecule has 6 aromatic carbocycles. The molecule has 0 aromatic heterocycles. The average molecular weight is 614 g/mol. The van der Waals surface area contributed by atoms with Crippen LogP contribution in [0.4, 0.5) is 11.4 Å². The molecule has 0 saturated carbocycles. The van der Waals surface area contributed by atoms with Gasteiger partial charge in [0.25, 0.3) is 0 Å². The van der Waals surface area contributed by atoms with Crippen molar-refractivity contribution in [3.8, 4) is 44.5 Å². The van der Waals surface area contributed by atoms with Gasteiger partial charge in [0.15, 0.2) is 0 Å². The van der Waals surface area contributed by atoms with Gasteiger partial charge in [-0.25, -0.2) is 0 Å². The highest BCUT2D eigenvalue weighted by Gasteiger charge is 2.35. The van der Waals surface area contributed by atoms with Gasteiger partial charge < -0.3 is 4.90 Å². The summed E-state index contributed by atoms with van der Waals surface area (Å²) in [7, 11) is 2.15. The third kappa shape index (κ3) is 5.48. The van der Waals surface area contributed by atoms with Gasteiger partial charge in [-0.2, -0.15) is 0 Å². The van der Waals surface area contributed by atoms with Crippen molar-refractivity contribution < 1.29 is 0 Å². The third-order valence-corrected chi connectivity index (χ3v) is 9.99. The molecule has 0 saturated heterocycles. The zero-order valence-electron chi connectivity index (χ0n) is 29.2. The van der Waals surface area contributed by atoms with Crippen LogP contribution in [0.15, 0.2) is 133 Å². The van der Waals surface area contributed by atoms with Gasteiger partial charge in [-0.15, -0.1) is 0 Å². The number of fused-ring (bicyclic) bond motifs is 6. The Bertz CT molecular complexity index is 2010. The van der Waals surface area contributed by atoms with E-state index < -0.39 is 0 Å². The van der Waals surface area contributed by atoms with Crippen molar-refractivity contribution in [2.45, 2.75) is 59.8 Å². The third-order valence-electron chi connectivity index (χ3n) is 9.99. The fraction of sp³-hybridized carbons (Fsp3) is 0.217. The first-order valence-corrected chi connectivity index (χ1v) is 17.3. The van der Waals surface area contributed by atoms with Crippen molar-refractivity contribution in [2.24, 2.45) is 0 Å². The van der Waals surface area contributed by atoms with E-state index in [-0.39, 0.29) is 5.41 Å². The topological polar surface area (TPSA) is 3.24 Å². The van der Waals surface area contributed by atoms with Gasteiger partial charge in [0.2, 0.25) is 0 Å². The van der Waals surface area contributed by atoms with Crippen LogP contribution in [0.1, 0.15) is 76.6 Å². The van der Waals surface area contributed by atoms with Crippen LogP contribution in [-0.2, 0) is 5.41 Å². The average Bonchev–Trinajstić information content (AvgIpc) is 3.56.